The van der Waals surface area contributed by atoms with Crippen molar-refractivity contribution in [2.24, 2.45) is 0 Å². The summed E-state index contributed by atoms with van der Waals surface area (Å²) in [6.07, 6.45) is 7.27. The molecule has 6 heteroatoms. The molecule has 4 rings (SSSR count). The number of nitrogens with one attached hydrogen (secondary N) is 3. The van der Waals surface area contributed by atoms with E-state index >= 15 is 0 Å². The van der Waals surface area contributed by atoms with Gasteiger partial charge in [-0.2, -0.15) is 0 Å². The molecule has 4 heterocycles. The zero-order chi connectivity index (χ0) is 14.1. The van der Waals surface area contributed by atoms with Crippen molar-refractivity contribution >= 4 is 17.0 Å². The molecular weight excluding hydrogens is 266 g/mol. The molecule has 2 saturated heterocycles. The highest BCUT2D eigenvalue weighted by Crippen LogP contribution is 2.30. The fourth-order valence-electron chi connectivity index (χ4n) is 3.28. The van der Waals surface area contributed by atoms with E-state index in [1.807, 2.05) is 6.20 Å². The van der Waals surface area contributed by atoms with Gasteiger partial charge in [0, 0.05) is 18.4 Å². The van der Waals surface area contributed by atoms with Crippen LogP contribution in [0.1, 0.15) is 30.7 Å². The largest absolute Gasteiger partial charge is 0.379 e. The van der Waals surface area contributed by atoms with E-state index in [0.717, 1.165) is 49.7 Å². The highest BCUT2D eigenvalue weighted by molar-refractivity contribution is 5.77. The number of rotatable bonds is 3. The molecule has 112 valence electrons. The molecule has 0 amide bonds. The first-order valence-electron chi connectivity index (χ1n) is 7.79. The summed E-state index contributed by atoms with van der Waals surface area (Å²) in [4.78, 5) is 12.6. The summed E-state index contributed by atoms with van der Waals surface area (Å²) in [5.74, 6) is 1.44. The first-order chi connectivity index (χ1) is 10.4. The number of H-pyrrole nitrogens is 1. The number of hydrogen-bond acceptors (Lipinski definition) is 5. The van der Waals surface area contributed by atoms with Gasteiger partial charge in [0.25, 0.3) is 0 Å². The Morgan fingerprint density at radius 1 is 1.24 bits per heavy atom. The molecule has 1 unspecified atom stereocenters. The second kappa shape index (κ2) is 5.61. The van der Waals surface area contributed by atoms with Crippen LogP contribution >= 0.6 is 0 Å². The first-order valence-corrected chi connectivity index (χ1v) is 7.79. The summed E-state index contributed by atoms with van der Waals surface area (Å²) in [6.45, 7) is 3.76. The molecule has 21 heavy (non-hydrogen) atoms. The second-order valence-electron chi connectivity index (χ2n) is 5.93. The number of fused-ring (bicyclic) bond motifs is 1. The third-order valence-electron chi connectivity index (χ3n) is 4.47. The highest BCUT2D eigenvalue weighted by atomic mass is 16.5. The number of nitrogens with zero attached hydrogens (tertiary/aromatic N) is 2. The Labute approximate surface area is 123 Å². The van der Waals surface area contributed by atoms with Crippen molar-refractivity contribution in [2.75, 3.05) is 31.6 Å². The number of aromatic nitrogens is 3. The van der Waals surface area contributed by atoms with Gasteiger partial charge in [-0.15, -0.1) is 0 Å². The minimum atomic E-state index is 0.359. The van der Waals surface area contributed by atoms with Crippen LogP contribution in [-0.4, -0.2) is 47.3 Å². The van der Waals surface area contributed by atoms with E-state index in [-0.39, 0.29) is 0 Å². The summed E-state index contributed by atoms with van der Waals surface area (Å²) in [5.41, 5.74) is 3.22. The lowest BCUT2D eigenvalue weighted by Crippen LogP contribution is -2.26. The van der Waals surface area contributed by atoms with E-state index in [2.05, 4.69) is 26.8 Å². The van der Waals surface area contributed by atoms with Gasteiger partial charge in [0.2, 0.25) is 0 Å². The van der Waals surface area contributed by atoms with E-state index in [0.29, 0.717) is 12.0 Å². The number of hydrogen-bond donors (Lipinski definition) is 3. The van der Waals surface area contributed by atoms with Gasteiger partial charge >= 0.3 is 0 Å². The predicted molar refractivity (Wildman–Crippen MR) is 81.6 cm³/mol. The molecule has 2 aliphatic heterocycles. The molecule has 0 aromatic carbocycles. The van der Waals surface area contributed by atoms with Crippen molar-refractivity contribution in [1.82, 2.24) is 20.3 Å². The highest BCUT2D eigenvalue weighted by Gasteiger charge is 2.21. The molecule has 6 nitrogen and oxygen atoms in total. The average molecular weight is 287 g/mol. The van der Waals surface area contributed by atoms with Gasteiger partial charge < -0.3 is 20.4 Å². The van der Waals surface area contributed by atoms with Crippen LogP contribution in [0, 0.1) is 0 Å². The van der Waals surface area contributed by atoms with E-state index < -0.39 is 0 Å². The minimum absolute atomic E-state index is 0.359. The summed E-state index contributed by atoms with van der Waals surface area (Å²) >= 11 is 0. The van der Waals surface area contributed by atoms with Gasteiger partial charge in [0.1, 0.15) is 11.3 Å². The molecule has 3 N–H and O–H groups in total. The summed E-state index contributed by atoms with van der Waals surface area (Å²) in [5, 5.41) is 6.84. The van der Waals surface area contributed by atoms with Crippen LogP contribution in [0.4, 0.5) is 5.82 Å². The van der Waals surface area contributed by atoms with Crippen LogP contribution in [0.2, 0.25) is 0 Å². The molecule has 0 aliphatic carbocycles. The molecule has 2 aromatic rings. The van der Waals surface area contributed by atoms with Gasteiger partial charge in [0.15, 0.2) is 5.65 Å². The van der Waals surface area contributed by atoms with Gasteiger partial charge in [-0.05, 0) is 38.3 Å². The molecular formula is C15H21N5O. The Morgan fingerprint density at radius 2 is 2.14 bits per heavy atom. The fourth-order valence-corrected chi connectivity index (χ4v) is 3.28. The standard InChI is InChI=1S/C15H21N5O/c1-4-16-5-2-10(1)12-7-17-15-14(12)20-13(8-18-15)19-11-3-6-21-9-11/h7-8,10-11,16H,1-6,9H2,(H,17,18)(H,19,20). The summed E-state index contributed by atoms with van der Waals surface area (Å²) in [6, 6.07) is 0.359. The maximum absolute atomic E-state index is 5.40. The second-order valence-corrected chi connectivity index (χ2v) is 5.93. The van der Waals surface area contributed by atoms with Crippen molar-refractivity contribution in [1.29, 1.82) is 0 Å². The van der Waals surface area contributed by atoms with Gasteiger partial charge in [-0.1, -0.05) is 0 Å². The lowest BCUT2D eigenvalue weighted by molar-refractivity contribution is 0.195. The van der Waals surface area contributed by atoms with Crippen LogP contribution in [0.5, 0.6) is 0 Å². The Bertz CT molecular complexity index is 614. The van der Waals surface area contributed by atoms with E-state index in [9.17, 15) is 0 Å². The average Bonchev–Trinajstić information content (AvgIpc) is 3.17. The number of piperidine rings is 1. The third kappa shape index (κ3) is 2.61. The van der Waals surface area contributed by atoms with Crippen molar-refractivity contribution in [3.8, 4) is 0 Å². The van der Waals surface area contributed by atoms with Crippen molar-refractivity contribution in [3.63, 3.8) is 0 Å². The zero-order valence-electron chi connectivity index (χ0n) is 12.1. The van der Waals surface area contributed by atoms with E-state index in [1.54, 1.807) is 0 Å². The number of ether oxygens (including phenoxy) is 1. The lowest BCUT2D eigenvalue weighted by Gasteiger charge is -2.22. The normalized spacial score (nSPS) is 23.7. The topological polar surface area (TPSA) is 74.9 Å². The fraction of sp³-hybridized carbons (Fsp3) is 0.600. The number of aromatic amines is 1. The molecule has 0 spiro atoms. The Balaban J connectivity index is 1.61. The molecule has 2 fully saturated rings. The predicted octanol–water partition coefficient (Wildman–Crippen LogP) is 1.63. The maximum atomic E-state index is 5.40. The quantitative estimate of drug-likeness (QED) is 0.800. The van der Waals surface area contributed by atoms with E-state index in [1.165, 1.54) is 18.4 Å². The van der Waals surface area contributed by atoms with Crippen LogP contribution in [-0.2, 0) is 4.74 Å². The molecule has 0 bridgehead atoms. The molecule has 2 aliphatic rings. The number of anilines is 1. The van der Waals surface area contributed by atoms with Crippen LogP contribution < -0.4 is 10.6 Å². The molecule has 0 radical (unpaired) electrons. The summed E-state index contributed by atoms with van der Waals surface area (Å²) < 4.78 is 5.40. The van der Waals surface area contributed by atoms with Gasteiger partial charge in [-0.25, -0.2) is 9.97 Å². The monoisotopic (exact) mass is 287 g/mol. The maximum Gasteiger partial charge on any atom is 0.156 e. The zero-order valence-corrected chi connectivity index (χ0v) is 12.1. The molecule has 0 saturated carbocycles. The lowest BCUT2D eigenvalue weighted by atomic mass is 9.91. The Hall–Kier alpha value is -1.66. The smallest absolute Gasteiger partial charge is 0.156 e. The Kier molecular flexibility index (Phi) is 3.48. The van der Waals surface area contributed by atoms with Crippen LogP contribution in [0.3, 0.4) is 0 Å². The van der Waals surface area contributed by atoms with Crippen molar-refractivity contribution in [2.45, 2.75) is 31.2 Å². The molecule has 1 atom stereocenters. The SMILES string of the molecule is c1nc2[nH]cc(C3CCNCC3)c2nc1NC1CCOC1. The molecule has 2 aromatic heterocycles. The van der Waals surface area contributed by atoms with Crippen LogP contribution in [0.25, 0.3) is 11.2 Å². The van der Waals surface area contributed by atoms with Gasteiger partial charge in [0.05, 0.1) is 18.8 Å². The summed E-state index contributed by atoms with van der Waals surface area (Å²) in [7, 11) is 0. The van der Waals surface area contributed by atoms with Crippen LogP contribution in [0.15, 0.2) is 12.4 Å². The minimum Gasteiger partial charge on any atom is -0.379 e. The first kappa shape index (κ1) is 13.0. The van der Waals surface area contributed by atoms with E-state index in [4.69, 9.17) is 9.72 Å². The third-order valence-corrected chi connectivity index (χ3v) is 4.47. The van der Waals surface area contributed by atoms with Gasteiger partial charge in [-0.3, -0.25) is 0 Å². The Morgan fingerprint density at radius 3 is 2.95 bits per heavy atom. The van der Waals surface area contributed by atoms with Crippen molar-refractivity contribution < 1.29 is 4.74 Å². The van der Waals surface area contributed by atoms with Crippen molar-refractivity contribution in [3.05, 3.63) is 18.0 Å².